The summed E-state index contributed by atoms with van der Waals surface area (Å²) >= 11 is 5.85. The second kappa shape index (κ2) is 8.46. The Balaban J connectivity index is 1.75. The van der Waals surface area contributed by atoms with Gasteiger partial charge in [0.1, 0.15) is 12.4 Å². The molecule has 2 aromatic rings. The summed E-state index contributed by atoms with van der Waals surface area (Å²) in [6.45, 7) is 4.85. The first-order chi connectivity index (χ1) is 11.2. The number of halogens is 2. The van der Waals surface area contributed by atoms with Crippen LogP contribution in [0.2, 0.25) is 0 Å². The summed E-state index contributed by atoms with van der Waals surface area (Å²) in [5.74, 6) is 0.917. The van der Waals surface area contributed by atoms with Crippen LogP contribution in [0.15, 0.2) is 53.0 Å². The lowest BCUT2D eigenvalue weighted by Crippen LogP contribution is -2.46. The van der Waals surface area contributed by atoms with Crippen LogP contribution in [-0.4, -0.2) is 37.7 Å². The third kappa shape index (κ3) is 4.92. The highest BCUT2D eigenvalue weighted by Gasteiger charge is 2.22. The number of piperazine rings is 1. The second-order valence-corrected chi connectivity index (χ2v) is 7.79. The van der Waals surface area contributed by atoms with Crippen LogP contribution >= 0.6 is 38.5 Å². The Morgan fingerprint density at radius 1 is 1.13 bits per heavy atom. The van der Waals surface area contributed by atoms with E-state index < -0.39 is 0 Å². The minimum atomic E-state index is 0.287. The molecule has 1 fully saturated rings. The molecule has 2 aromatic carbocycles. The van der Waals surface area contributed by atoms with Gasteiger partial charge >= 0.3 is 0 Å². The molecule has 23 heavy (non-hydrogen) atoms. The van der Waals surface area contributed by atoms with Crippen LogP contribution in [-0.2, 0) is 0 Å². The summed E-state index contributed by atoms with van der Waals surface area (Å²) in [5, 5.41) is 3.42. The summed E-state index contributed by atoms with van der Waals surface area (Å²) in [6.07, 6.45) is 0. The zero-order valence-corrected chi connectivity index (χ0v) is 16.6. The minimum Gasteiger partial charge on any atom is -0.492 e. The minimum absolute atomic E-state index is 0.287. The Kier molecular flexibility index (Phi) is 6.33. The van der Waals surface area contributed by atoms with Crippen LogP contribution in [0.5, 0.6) is 5.75 Å². The van der Waals surface area contributed by atoms with Crippen LogP contribution < -0.4 is 10.1 Å². The van der Waals surface area contributed by atoms with Crippen LogP contribution in [0.1, 0.15) is 11.6 Å². The number of rotatable bonds is 5. The van der Waals surface area contributed by atoms with Crippen molar-refractivity contribution < 1.29 is 4.74 Å². The van der Waals surface area contributed by atoms with E-state index in [4.69, 9.17) is 4.74 Å². The van der Waals surface area contributed by atoms with Crippen molar-refractivity contribution in [2.75, 3.05) is 32.8 Å². The fraction of sp³-hybridized carbons (Fsp3) is 0.333. The van der Waals surface area contributed by atoms with Crippen molar-refractivity contribution in [3.63, 3.8) is 0 Å². The molecule has 0 amide bonds. The summed E-state index contributed by atoms with van der Waals surface area (Å²) in [4.78, 5) is 2.51. The van der Waals surface area contributed by atoms with Gasteiger partial charge in [-0.2, -0.15) is 0 Å². The van der Waals surface area contributed by atoms with Gasteiger partial charge in [-0.1, -0.05) is 46.3 Å². The Hall–Kier alpha value is -0.630. The van der Waals surface area contributed by atoms with Gasteiger partial charge in [-0.25, -0.2) is 0 Å². The predicted octanol–water partition coefficient (Wildman–Crippen LogP) is 4.08. The van der Waals surface area contributed by atoms with Crippen LogP contribution in [0.3, 0.4) is 0 Å². The molecule has 1 atom stereocenters. The van der Waals surface area contributed by atoms with Crippen LogP contribution in [0, 0.1) is 3.57 Å². The van der Waals surface area contributed by atoms with Gasteiger partial charge in [-0.05, 0) is 46.4 Å². The van der Waals surface area contributed by atoms with Crippen molar-refractivity contribution in [3.8, 4) is 5.75 Å². The van der Waals surface area contributed by atoms with Crippen molar-refractivity contribution in [2.45, 2.75) is 6.04 Å². The molecule has 1 aliphatic rings. The van der Waals surface area contributed by atoms with Gasteiger partial charge in [0.2, 0.25) is 0 Å². The quantitative estimate of drug-likeness (QED) is 0.644. The second-order valence-electron chi connectivity index (χ2n) is 5.63. The molecule has 5 heteroatoms. The molecule has 0 bridgehead atoms. The number of nitrogens with one attached hydrogen (secondary N) is 1. The molecular weight excluding hydrogens is 467 g/mol. The van der Waals surface area contributed by atoms with Crippen LogP contribution in [0.4, 0.5) is 0 Å². The molecule has 0 radical (unpaired) electrons. The van der Waals surface area contributed by atoms with Crippen molar-refractivity contribution in [3.05, 3.63) is 62.1 Å². The summed E-state index contributed by atoms with van der Waals surface area (Å²) < 4.78 is 8.37. The lowest BCUT2D eigenvalue weighted by molar-refractivity contribution is 0.121. The van der Waals surface area contributed by atoms with Gasteiger partial charge in [-0.15, -0.1) is 0 Å². The van der Waals surface area contributed by atoms with E-state index in [1.165, 1.54) is 9.13 Å². The molecule has 0 saturated carbocycles. The first kappa shape index (κ1) is 17.2. The lowest BCUT2D eigenvalue weighted by atomic mass is 10.1. The van der Waals surface area contributed by atoms with Gasteiger partial charge in [0.25, 0.3) is 0 Å². The maximum atomic E-state index is 6.14. The Morgan fingerprint density at radius 3 is 2.57 bits per heavy atom. The first-order valence-corrected chi connectivity index (χ1v) is 9.68. The van der Waals surface area contributed by atoms with Crippen LogP contribution in [0.25, 0.3) is 0 Å². The van der Waals surface area contributed by atoms with E-state index in [9.17, 15) is 0 Å². The number of hydrogen-bond donors (Lipinski definition) is 1. The average Bonchev–Trinajstić information content (AvgIpc) is 2.56. The topological polar surface area (TPSA) is 24.5 Å². The van der Waals surface area contributed by atoms with Crippen molar-refractivity contribution >= 4 is 38.5 Å². The molecule has 1 aliphatic heterocycles. The summed E-state index contributed by atoms with van der Waals surface area (Å²) in [6, 6.07) is 17.1. The summed E-state index contributed by atoms with van der Waals surface area (Å²) in [7, 11) is 0. The van der Waals surface area contributed by atoms with E-state index in [0.717, 1.165) is 36.4 Å². The summed E-state index contributed by atoms with van der Waals surface area (Å²) in [5.41, 5.74) is 1.32. The molecule has 1 unspecified atom stereocenters. The largest absolute Gasteiger partial charge is 0.492 e. The number of benzene rings is 2. The van der Waals surface area contributed by atoms with Gasteiger partial charge in [-0.3, -0.25) is 4.90 Å². The molecule has 3 rings (SSSR count). The SMILES string of the molecule is Brc1cc(I)cc(OCC(c2ccccc2)N2CCNCC2)c1. The van der Waals surface area contributed by atoms with Crippen molar-refractivity contribution in [1.82, 2.24) is 10.2 Å². The smallest absolute Gasteiger partial charge is 0.121 e. The van der Waals surface area contributed by atoms with Crippen molar-refractivity contribution in [2.24, 2.45) is 0 Å². The highest BCUT2D eigenvalue weighted by atomic mass is 127. The third-order valence-corrected chi connectivity index (χ3v) is 5.10. The number of ether oxygens (including phenoxy) is 1. The monoisotopic (exact) mass is 486 g/mol. The Labute approximate surface area is 159 Å². The van der Waals surface area contributed by atoms with E-state index >= 15 is 0 Å². The Bertz CT molecular complexity index is 612. The molecule has 0 aliphatic carbocycles. The predicted molar refractivity (Wildman–Crippen MR) is 106 cm³/mol. The maximum Gasteiger partial charge on any atom is 0.121 e. The third-order valence-electron chi connectivity index (χ3n) is 4.02. The normalized spacial score (nSPS) is 17.0. The van der Waals surface area contributed by atoms with Gasteiger partial charge in [0.05, 0.1) is 6.04 Å². The number of nitrogens with zero attached hydrogens (tertiary/aromatic N) is 1. The van der Waals surface area contributed by atoms with Gasteiger partial charge in [0.15, 0.2) is 0 Å². The molecule has 1 N–H and O–H groups in total. The Morgan fingerprint density at radius 2 is 1.87 bits per heavy atom. The fourth-order valence-corrected chi connectivity index (χ4v) is 4.41. The van der Waals surface area contributed by atoms with E-state index in [2.05, 4.69) is 91.2 Å². The van der Waals surface area contributed by atoms with Crippen molar-refractivity contribution in [1.29, 1.82) is 0 Å². The van der Waals surface area contributed by atoms with E-state index in [1.54, 1.807) is 0 Å². The highest BCUT2D eigenvalue weighted by molar-refractivity contribution is 14.1. The molecule has 0 spiro atoms. The fourth-order valence-electron chi connectivity index (χ4n) is 2.87. The molecular formula is C18H20BrIN2O. The molecule has 0 aromatic heterocycles. The maximum absolute atomic E-state index is 6.14. The van der Waals surface area contributed by atoms with Gasteiger partial charge in [0, 0.05) is 34.2 Å². The molecule has 1 saturated heterocycles. The standard InChI is InChI=1S/C18H20BrIN2O/c19-15-10-16(20)12-17(11-15)23-13-18(14-4-2-1-3-5-14)22-8-6-21-7-9-22/h1-5,10-12,18,21H,6-9,13H2. The first-order valence-electron chi connectivity index (χ1n) is 7.81. The average molecular weight is 487 g/mol. The number of hydrogen-bond acceptors (Lipinski definition) is 3. The van der Waals surface area contributed by atoms with E-state index in [-0.39, 0.29) is 6.04 Å². The zero-order valence-electron chi connectivity index (χ0n) is 12.8. The molecule has 1 heterocycles. The highest BCUT2D eigenvalue weighted by Crippen LogP contribution is 2.26. The zero-order chi connectivity index (χ0) is 16.1. The van der Waals surface area contributed by atoms with E-state index in [1.807, 2.05) is 6.07 Å². The van der Waals surface area contributed by atoms with Gasteiger partial charge < -0.3 is 10.1 Å². The lowest BCUT2D eigenvalue weighted by Gasteiger charge is -2.35. The molecule has 122 valence electrons. The molecule has 3 nitrogen and oxygen atoms in total. The van der Waals surface area contributed by atoms with E-state index in [0.29, 0.717) is 6.61 Å².